The largest absolute Gasteiger partial charge is 0.375 e. The van der Waals surface area contributed by atoms with Crippen LogP contribution in [0.5, 0.6) is 0 Å². The lowest BCUT2D eigenvalue weighted by atomic mass is 10.1. The molecule has 0 saturated carbocycles. The van der Waals surface area contributed by atoms with Crippen molar-refractivity contribution in [3.63, 3.8) is 0 Å². The molecule has 1 aromatic carbocycles. The van der Waals surface area contributed by atoms with Crippen LogP contribution in [0.25, 0.3) is 22.2 Å². The Morgan fingerprint density at radius 1 is 1.41 bits per heavy atom. The van der Waals surface area contributed by atoms with Gasteiger partial charge in [0.15, 0.2) is 5.11 Å². The van der Waals surface area contributed by atoms with Crippen molar-refractivity contribution < 1.29 is 0 Å². The van der Waals surface area contributed by atoms with Crippen LogP contribution in [-0.4, -0.2) is 26.1 Å². The number of nitrogens with zero attached hydrogens (tertiary/aromatic N) is 4. The fraction of sp³-hybridized carbons (Fsp3) is 0.0667. The number of hydrogen-bond acceptors (Lipinski definition) is 4. The summed E-state index contributed by atoms with van der Waals surface area (Å²) in [7, 11) is 1.87. The molecule has 0 aliphatic rings. The summed E-state index contributed by atoms with van der Waals surface area (Å²) in [5.41, 5.74) is 11.5. The lowest BCUT2D eigenvalue weighted by Crippen LogP contribution is -2.24. The molecular weight excluding hydrogens is 296 g/mol. The van der Waals surface area contributed by atoms with Gasteiger partial charge in [0.05, 0.1) is 23.6 Å². The maximum absolute atomic E-state index is 5.38. The number of nitrogens with two attached hydrogens (primary N) is 1. The van der Waals surface area contributed by atoms with Gasteiger partial charge in [0.2, 0.25) is 0 Å². The van der Waals surface area contributed by atoms with Gasteiger partial charge in [0.25, 0.3) is 0 Å². The molecule has 3 rings (SSSR count). The summed E-state index contributed by atoms with van der Waals surface area (Å²) in [5, 5.41) is 9.36. The van der Waals surface area contributed by atoms with E-state index in [0.29, 0.717) is 0 Å². The highest BCUT2D eigenvalue weighted by Crippen LogP contribution is 2.23. The highest BCUT2D eigenvalue weighted by Gasteiger charge is 2.07. The lowest BCUT2D eigenvalue weighted by Gasteiger charge is -2.05. The number of para-hydroxylation sites is 1. The van der Waals surface area contributed by atoms with E-state index in [4.69, 9.17) is 18.0 Å². The summed E-state index contributed by atoms with van der Waals surface area (Å²) in [6.07, 6.45) is 5.39. The molecule has 110 valence electrons. The van der Waals surface area contributed by atoms with E-state index >= 15 is 0 Å². The van der Waals surface area contributed by atoms with E-state index in [1.165, 1.54) is 0 Å². The van der Waals surface area contributed by atoms with Crippen LogP contribution in [0.4, 0.5) is 0 Å². The molecule has 3 aromatic rings. The second-order valence-corrected chi connectivity index (χ2v) is 5.19. The van der Waals surface area contributed by atoms with E-state index in [0.717, 1.165) is 27.7 Å². The number of nitrogens with one attached hydrogen (secondary N) is 1. The molecule has 0 aliphatic heterocycles. The van der Waals surface area contributed by atoms with Gasteiger partial charge >= 0.3 is 0 Å². The van der Waals surface area contributed by atoms with Crippen LogP contribution in [0, 0.1) is 0 Å². The average molecular weight is 310 g/mol. The van der Waals surface area contributed by atoms with Gasteiger partial charge in [0, 0.05) is 29.8 Å². The molecule has 6 nitrogen and oxygen atoms in total. The molecular formula is C15H14N6S. The third kappa shape index (κ3) is 2.94. The molecule has 2 aromatic heterocycles. The van der Waals surface area contributed by atoms with Crippen LogP contribution in [0.2, 0.25) is 0 Å². The predicted octanol–water partition coefficient (Wildman–Crippen LogP) is 1.80. The molecule has 3 N–H and O–H groups in total. The zero-order valence-electron chi connectivity index (χ0n) is 11.9. The number of fused-ring (bicyclic) bond motifs is 1. The Kier molecular flexibility index (Phi) is 3.80. The van der Waals surface area contributed by atoms with E-state index in [1.54, 1.807) is 17.1 Å². The van der Waals surface area contributed by atoms with Crippen molar-refractivity contribution in [3.8, 4) is 11.3 Å². The molecule has 22 heavy (non-hydrogen) atoms. The number of aryl methyl sites for hydroxylation is 1. The molecule has 0 saturated heterocycles. The Morgan fingerprint density at radius 2 is 2.23 bits per heavy atom. The molecule has 0 spiro atoms. The Hall–Kier alpha value is -2.80. The van der Waals surface area contributed by atoms with Gasteiger partial charge in [-0.15, -0.1) is 0 Å². The van der Waals surface area contributed by atoms with Gasteiger partial charge in [0.1, 0.15) is 0 Å². The van der Waals surface area contributed by atoms with Crippen LogP contribution >= 0.6 is 12.2 Å². The van der Waals surface area contributed by atoms with Crippen molar-refractivity contribution in [2.75, 3.05) is 0 Å². The molecule has 0 bridgehead atoms. The first-order chi connectivity index (χ1) is 10.6. The second kappa shape index (κ2) is 5.90. The zero-order chi connectivity index (χ0) is 15.5. The van der Waals surface area contributed by atoms with Crippen molar-refractivity contribution in [1.82, 2.24) is 20.2 Å². The second-order valence-electron chi connectivity index (χ2n) is 4.75. The third-order valence-corrected chi connectivity index (χ3v) is 3.22. The summed E-state index contributed by atoms with van der Waals surface area (Å²) >= 11 is 4.74. The molecule has 0 aliphatic carbocycles. The summed E-state index contributed by atoms with van der Waals surface area (Å²) in [6, 6.07) is 9.84. The quantitative estimate of drug-likeness (QED) is 0.438. The van der Waals surface area contributed by atoms with Crippen LogP contribution in [0.3, 0.4) is 0 Å². The number of aromatic nitrogens is 3. The van der Waals surface area contributed by atoms with Crippen LogP contribution < -0.4 is 11.2 Å². The van der Waals surface area contributed by atoms with Crippen LogP contribution in [-0.2, 0) is 7.05 Å². The van der Waals surface area contributed by atoms with Crippen molar-refractivity contribution in [2.45, 2.75) is 0 Å². The Labute approximate surface area is 132 Å². The topological polar surface area (TPSA) is 81.1 Å². The Balaban J connectivity index is 2.12. The lowest BCUT2D eigenvalue weighted by molar-refractivity contribution is 0.768. The van der Waals surface area contributed by atoms with E-state index in [9.17, 15) is 0 Å². The van der Waals surface area contributed by atoms with Crippen LogP contribution in [0.1, 0.15) is 5.56 Å². The molecule has 0 radical (unpaired) electrons. The number of hydrogen-bond donors (Lipinski definition) is 2. The van der Waals surface area contributed by atoms with E-state index in [-0.39, 0.29) is 5.11 Å². The molecule has 0 unspecified atom stereocenters. The Bertz CT molecular complexity index is 867. The maximum Gasteiger partial charge on any atom is 0.184 e. The summed E-state index contributed by atoms with van der Waals surface area (Å²) in [4.78, 5) is 4.68. The summed E-state index contributed by atoms with van der Waals surface area (Å²) < 4.78 is 1.74. The SMILES string of the molecule is Cn1cc(-c2cc(/C=N\NC(N)=S)c3ccccc3n2)cn1. The fourth-order valence-corrected chi connectivity index (χ4v) is 2.23. The molecule has 2 heterocycles. The van der Waals surface area contributed by atoms with Crippen LogP contribution in [0.15, 0.2) is 47.8 Å². The van der Waals surface area contributed by atoms with Gasteiger partial charge in [-0.2, -0.15) is 10.2 Å². The minimum absolute atomic E-state index is 0.127. The van der Waals surface area contributed by atoms with Gasteiger partial charge in [-0.3, -0.25) is 10.1 Å². The zero-order valence-corrected chi connectivity index (χ0v) is 12.7. The summed E-state index contributed by atoms with van der Waals surface area (Å²) in [6.45, 7) is 0. The number of hydrazone groups is 1. The molecule has 7 heteroatoms. The average Bonchev–Trinajstić information content (AvgIpc) is 2.93. The minimum atomic E-state index is 0.127. The van der Waals surface area contributed by atoms with E-state index < -0.39 is 0 Å². The Morgan fingerprint density at radius 3 is 2.95 bits per heavy atom. The third-order valence-electron chi connectivity index (χ3n) is 3.13. The molecule has 0 fully saturated rings. The normalized spacial score (nSPS) is 11.1. The van der Waals surface area contributed by atoms with Gasteiger partial charge in [-0.1, -0.05) is 18.2 Å². The van der Waals surface area contributed by atoms with E-state index in [2.05, 4.69) is 20.6 Å². The molecule has 0 atom stereocenters. The smallest absolute Gasteiger partial charge is 0.184 e. The van der Waals surface area contributed by atoms with Gasteiger partial charge in [-0.25, -0.2) is 4.98 Å². The van der Waals surface area contributed by atoms with Crippen molar-refractivity contribution in [2.24, 2.45) is 17.9 Å². The van der Waals surface area contributed by atoms with Crippen molar-refractivity contribution in [1.29, 1.82) is 0 Å². The highest BCUT2D eigenvalue weighted by atomic mass is 32.1. The predicted molar refractivity (Wildman–Crippen MR) is 91.5 cm³/mol. The van der Waals surface area contributed by atoms with E-state index in [1.807, 2.05) is 43.6 Å². The monoisotopic (exact) mass is 310 g/mol. The standard InChI is InChI=1S/C15H14N6S/c1-21-9-11(8-18-21)14-6-10(7-17-20-15(16)22)12-4-2-3-5-13(12)19-14/h2-9H,1H3,(H3,16,20,22)/b17-7-. The first-order valence-corrected chi connectivity index (χ1v) is 7.01. The number of pyridine rings is 1. The van der Waals surface area contributed by atoms with Crippen molar-refractivity contribution >= 4 is 34.4 Å². The van der Waals surface area contributed by atoms with Crippen molar-refractivity contribution in [3.05, 3.63) is 48.3 Å². The number of rotatable bonds is 3. The number of benzene rings is 1. The van der Waals surface area contributed by atoms with Gasteiger partial charge < -0.3 is 5.73 Å². The fourth-order valence-electron chi connectivity index (χ4n) is 2.18. The molecule has 0 amide bonds. The summed E-state index contributed by atoms with van der Waals surface area (Å²) in [5.74, 6) is 0. The maximum atomic E-state index is 5.38. The number of thiocarbonyl (C=S) groups is 1. The minimum Gasteiger partial charge on any atom is -0.375 e. The first kappa shape index (κ1) is 14.2. The first-order valence-electron chi connectivity index (χ1n) is 6.61. The van der Waals surface area contributed by atoms with Gasteiger partial charge in [-0.05, 0) is 24.4 Å². The highest BCUT2D eigenvalue weighted by molar-refractivity contribution is 7.80.